The quantitative estimate of drug-likeness (QED) is 0.504. The van der Waals surface area contributed by atoms with Crippen molar-refractivity contribution in [3.63, 3.8) is 0 Å². The topological polar surface area (TPSA) is 112 Å². The summed E-state index contributed by atoms with van der Waals surface area (Å²) in [5.74, 6) is 2.62. The highest BCUT2D eigenvalue weighted by Gasteiger charge is 2.23. The smallest absolute Gasteiger partial charge is 0.204 e. The summed E-state index contributed by atoms with van der Waals surface area (Å²) in [6, 6.07) is 8.13. The van der Waals surface area contributed by atoms with Gasteiger partial charge in [-0.3, -0.25) is 4.79 Å². The number of rotatable bonds is 4. The molecule has 0 radical (unpaired) electrons. The van der Waals surface area contributed by atoms with Crippen molar-refractivity contribution in [3.8, 4) is 17.3 Å². The highest BCUT2D eigenvalue weighted by Crippen LogP contribution is 2.36. The van der Waals surface area contributed by atoms with Crippen molar-refractivity contribution in [1.29, 1.82) is 0 Å². The van der Waals surface area contributed by atoms with E-state index in [2.05, 4.69) is 32.8 Å². The lowest BCUT2D eigenvalue weighted by Gasteiger charge is -2.09. The van der Waals surface area contributed by atoms with Crippen LogP contribution in [0.3, 0.4) is 0 Å². The third kappa shape index (κ3) is 3.42. The van der Waals surface area contributed by atoms with E-state index >= 15 is 0 Å². The number of fused-ring (bicyclic) bond motifs is 1. The fourth-order valence-electron chi connectivity index (χ4n) is 3.78. The van der Waals surface area contributed by atoms with Crippen molar-refractivity contribution in [1.82, 2.24) is 24.1 Å². The molecule has 6 rings (SSSR count). The molecule has 2 aliphatic rings. The van der Waals surface area contributed by atoms with E-state index in [9.17, 15) is 0 Å². The van der Waals surface area contributed by atoms with Crippen LogP contribution in [0.1, 0.15) is 19.3 Å². The summed E-state index contributed by atoms with van der Waals surface area (Å²) in [5.41, 5.74) is 8.96. The van der Waals surface area contributed by atoms with Crippen LogP contribution < -0.4 is 15.8 Å². The molecule has 4 heterocycles. The van der Waals surface area contributed by atoms with Crippen molar-refractivity contribution in [2.45, 2.75) is 25.8 Å². The lowest BCUT2D eigenvalue weighted by molar-refractivity contribution is -0.106. The maximum Gasteiger partial charge on any atom is 0.204 e. The Balaban J connectivity index is 0.000000609. The van der Waals surface area contributed by atoms with E-state index < -0.39 is 0 Å². The van der Waals surface area contributed by atoms with Gasteiger partial charge in [-0.1, -0.05) is 0 Å². The van der Waals surface area contributed by atoms with Crippen LogP contribution in [0, 0.1) is 5.92 Å². The number of nitrogens with zero attached hydrogens (tertiary/aromatic N) is 5. The Morgan fingerprint density at radius 2 is 2.13 bits per heavy atom. The molecule has 1 fully saturated rings. The Morgan fingerprint density at radius 1 is 1.27 bits per heavy atom. The molecule has 0 bridgehead atoms. The van der Waals surface area contributed by atoms with Crippen LogP contribution in [0.25, 0.3) is 28.2 Å². The summed E-state index contributed by atoms with van der Waals surface area (Å²) in [6.45, 7) is 2.62. The monoisotopic (exact) mass is 405 g/mol. The number of carbonyl (C=O) groups excluding carboxylic acids is 1. The summed E-state index contributed by atoms with van der Waals surface area (Å²) in [6.07, 6.45) is 7.56. The molecule has 9 nitrogen and oxygen atoms in total. The number of hydrogen-bond acceptors (Lipinski definition) is 6. The van der Waals surface area contributed by atoms with E-state index in [4.69, 9.17) is 19.5 Å². The Hall–Kier alpha value is -3.62. The Labute approximate surface area is 172 Å². The largest absolute Gasteiger partial charge is 0.491 e. The maximum absolute atomic E-state index is 8.58. The first-order chi connectivity index (χ1) is 14.8. The van der Waals surface area contributed by atoms with Gasteiger partial charge in [0.2, 0.25) is 6.41 Å². The fraction of sp³-hybridized carbons (Fsp3) is 0.333. The Morgan fingerprint density at radius 3 is 2.97 bits per heavy atom. The predicted molar refractivity (Wildman–Crippen MR) is 113 cm³/mol. The molecule has 3 N–H and O–H groups in total. The predicted octanol–water partition coefficient (Wildman–Crippen LogP) is 2.45. The second kappa shape index (κ2) is 7.66. The van der Waals surface area contributed by atoms with Gasteiger partial charge >= 0.3 is 0 Å². The van der Waals surface area contributed by atoms with Crippen LogP contribution in [-0.2, 0) is 11.3 Å². The molecule has 154 valence electrons. The van der Waals surface area contributed by atoms with Crippen molar-refractivity contribution in [2.24, 2.45) is 11.7 Å². The van der Waals surface area contributed by atoms with Crippen LogP contribution in [0.2, 0.25) is 0 Å². The molecule has 1 aliphatic carbocycles. The molecule has 1 aromatic carbocycles. The second-order valence-electron chi connectivity index (χ2n) is 7.54. The molecule has 30 heavy (non-hydrogen) atoms. The molecule has 0 atom stereocenters. The number of hydrogen-bond donors (Lipinski definition) is 2. The van der Waals surface area contributed by atoms with Crippen LogP contribution >= 0.6 is 0 Å². The van der Waals surface area contributed by atoms with E-state index in [1.165, 1.54) is 12.8 Å². The lowest BCUT2D eigenvalue weighted by Crippen LogP contribution is -2.03. The first kappa shape index (κ1) is 18.4. The number of nitrogens with one attached hydrogen (secondary N) is 1. The van der Waals surface area contributed by atoms with Crippen LogP contribution in [-0.4, -0.2) is 43.7 Å². The molecular weight excluding hydrogens is 382 g/mol. The summed E-state index contributed by atoms with van der Waals surface area (Å²) < 4.78 is 10.1. The minimum Gasteiger partial charge on any atom is -0.491 e. The molecule has 0 unspecified atom stereocenters. The average Bonchev–Trinajstić information content (AvgIpc) is 3.40. The summed E-state index contributed by atoms with van der Waals surface area (Å²) >= 11 is 0. The molecule has 0 saturated heterocycles. The number of anilines is 1. The van der Waals surface area contributed by atoms with E-state index in [0.717, 1.165) is 71.7 Å². The minimum absolute atomic E-state index is 0.250. The molecular formula is C21H23N7O2. The third-order valence-electron chi connectivity index (χ3n) is 5.37. The Kier molecular flexibility index (Phi) is 4.70. The van der Waals surface area contributed by atoms with Crippen LogP contribution in [0.15, 0.2) is 36.7 Å². The van der Waals surface area contributed by atoms with Gasteiger partial charge in [0.1, 0.15) is 17.0 Å². The van der Waals surface area contributed by atoms with Gasteiger partial charge in [-0.05, 0) is 37.3 Å². The number of benzene rings is 1. The molecule has 9 heteroatoms. The van der Waals surface area contributed by atoms with Gasteiger partial charge in [0.15, 0.2) is 11.5 Å². The normalized spacial score (nSPS) is 15.2. The summed E-state index contributed by atoms with van der Waals surface area (Å²) in [7, 11) is 0. The molecule has 1 amide bonds. The number of aromatic nitrogens is 5. The number of aryl methyl sites for hydroxylation is 1. The van der Waals surface area contributed by atoms with Crippen molar-refractivity contribution < 1.29 is 9.53 Å². The molecule has 1 saturated carbocycles. The van der Waals surface area contributed by atoms with Gasteiger partial charge in [0, 0.05) is 37.1 Å². The molecule has 0 spiro atoms. The van der Waals surface area contributed by atoms with Crippen LogP contribution in [0.4, 0.5) is 5.69 Å². The van der Waals surface area contributed by atoms with Gasteiger partial charge in [-0.2, -0.15) is 5.10 Å². The van der Waals surface area contributed by atoms with Gasteiger partial charge < -0.3 is 20.4 Å². The SMILES string of the molecule is NC=O.c1cc2nc(-c3nc4cc(NCC5CC5)cc5c4n3CCCO5)ccn2n1. The lowest BCUT2D eigenvalue weighted by atomic mass is 10.2. The molecule has 3 aromatic heterocycles. The molecule has 4 aromatic rings. The number of ether oxygens (including phenoxy) is 1. The fourth-order valence-corrected chi connectivity index (χ4v) is 3.78. The maximum atomic E-state index is 8.58. The van der Waals surface area contributed by atoms with Gasteiger partial charge in [-0.15, -0.1) is 0 Å². The zero-order valence-electron chi connectivity index (χ0n) is 16.5. The van der Waals surface area contributed by atoms with Gasteiger partial charge in [0.05, 0.1) is 18.3 Å². The zero-order valence-corrected chi connectivity index (χ0v) is 16.5. The van der Waals surface area contributed by atoms with Gasteiger partial charge in [-0.25, -0.2) is 14.5 Å². The highest BCUT2D eigenvalue weighted by molar-refractivity contribution is 5.89. The second-order valence-corrected chi connectivity index (χ2v) is 7.54. The summed E-state index contributed by atoms with van der Waals surface area (Å²) in [4.78, 5) is 18.3. The number of carbonyl (C=O) groups is 1. The van der Waals surface area contributed by atoms with Crippen molar-refractivity contribution in [3.05, 3.63) is 36.7 Å². The number of imidazole rings is 1. The Bertz CT molecular complexity index is 1210. The first-order valence-corrected chi connectivity index (χ1v) is 10.1. The van der Waals surface area contributed by atoms with E-state index in [1.54, 1.807) is 10.7 Å². The van der Waals surface area contributed by atoms with E-state index in [0.29, 0.717) is 0 Å². The van der Waals surface area contributed by atoms with E-state index in [1.807, 2.05) is 18.3 Å². The summed E-state index contributed by atoms with van der Waals surface area (Å²) in [5, 5.41) is 7.78. The average molecular weight is 405 g/mol. The number of nitrogens with two attached hydrogens (primary N) is 1. The van der Waals surface area contributed by atoms with Crippen molar-refractivity contribution in [2.75, 3.05) is 18.5 Å². The molecule has 1 aliphatic heterocycles. The van der Waals surface area contributed by atoms with Crippen molar-refractivity contribution >= 4 is 28.8 Å². The highest BCUT2D eigenvalue weighted by atomic mass is 16.5. The third-order valence-corrected chi connectivity index (χ3v) is 5.37. The van der Waals surface area contributed by atoms with Crippen LogP contribution in [0.5, 0.6) is 5.75 Å². The minimum atomic E-state index is 0.250. The number of primary amides is 1. The van der Waals surface area contributed by atoms with E-state index in [-0.39, 0.29) is 6.41 Å². The van der Waals surface area contributed by atoms with Gasteiger partial charge in [0.25, 0.3) is 0 Å². The standard InChI is InChI=1S/C20H20N6O.CH3NO/c1-7-25-19-16(10-14(11-17(19)27-9-1)21-12-13-2-3-13)24-20(25)15-5-8-26-18(23-15)4-6-22-26;2-1-3/h4-6,8,10-11,13,21H,1-3,7,9,12H2;1H,(H2,2,3). The number of amides is 1. The zero-order chi connectivity index (χ0) is 20.5. The first-order valence-electron chi connectivity index (χ1n) is 10.1.